The molecular weight excluding hydrogens is 200 g/mol. The van der Waals surface area contributed by atoms with Gasteiger partial charge in [0.2, 0.25) is 5.88 Å². The Morgan fingerprint density at radius 3 is 2.62 bits per heavy atom. The smallest absolute Gasteiger partial charge is 0.229 e. The van der Waals surface area contributed by atoms with Gasteiger partial charge in [-0.25, -0.2) is 0 Å². The average molecular weight is 214 g/mol. The molecule has 1 fully saturated rings. The van der Waals surface area contributed by atoms with Gasteiger partial charge in [-0.05, 0) is 29.9 Å². The highest BCUT2D eigenvalue weighted by Crippen LogP contribution is 2.41. The summed E-state index contributed by atoms with van der Waals surface area (Å²) in [6.07, 6.45) is 5.59. The van der Waals surface area contributed by atoms with E-state index in [-0.39, 0.29) is 0 Å². The molecule has 0 saturated heterocycles. The molecule has 3 nitrogen and oxygen atoms in total. The predicted octanol–water partition coefficient (Wildman–Crippen LogP) is 3.19. The molecule has 1 aromatic carbocycles. The molecule has 3 rings (SSSR count). The number of anilines is 1. The van der Waals surface area contributed by atoms with Gasteiger partial charge in [0.1, 0.15) is 0 Å². The Hall–Kier alpha value is -1.77. The highest BCUT2D eigenvalue weighted by Gasteiger charge is 2.23. The quantitative estimate of drug-likeness (QED) is 0.835. The molecule has 0 unspecified atom stereocenters. The number of benzene rings is 1. The second kappa shape index (κ2) is 3.67. The van der Waals surface area contributed by atoms with Crippen molar-refractivity contribution in [2.24, 2.45) is 0 Å². The van der Waals surface area contributed by atoms with E-state index < -0.39 is 0 Å². The third-order valence-electron chi connectivity index (χ3n) is 3.39. The SMILES string of the molecule is Nc1oncc1-c1ccccc1C1CCC1. The molecule has 16 heavy (non-hydrogen) atoms. The molecule has 0 spiro atoms. The molecule has 1 aromatic heterocycles. The zero-order chi connectivity index (χ0) is 11.0. The van der Waals surface area contributed by atoms with E-state index in [1.54, 1.807) is 6.20 Å². The van der Waals surface area contributed by atoms with Gasteiger partial charge in [-0.2, -0.15) is 0 Å². The molecule has 3 heteroatoms. The fourth-order valence-electron chi connectivity index (χ4n) is 2.27. The van der Waals surface area contributed by atoms with Crippen molar-refractivity contribution in [3.8, 4) is 11.1 Å². The third-order valence-corrected chi connectivity index (χ3v) is 3.39. The summed E-state index contributed by atoms with van der Waals surface area (Å²) in [5, 5.41) is 3.74. The van der Waals surface area contributed by atoms with E-state index in [4.69, 9.17) is 10.3 Å². The molecule has 0 aliphatic heterocycles. The minimum atomic E-state index is 0.409. The number of nitrogens with zero attached hydrogens (tertiary/aromatic N) is 1. The summed E-state index contributed by atoms with van der Waals surface area (Å²) in [5.41, 5.74) is 9.24. The molecule has 1 aliphatic carbocycles. The number of nitrogens with two attached hydrogens (primary N) is 1. The standard InChI is InChI=1S/C13H14N2O/c14-13-12(8-15-16-13)11-7-2-1-6-10(11)9-4-3-5-9/h1-2,6-9H,3-5,14H2. The van der Waals surface area contributed by atoms with Crippen molar-refractivity contribution in [3.63, 3.8) is 0 Å². The van der Waals surface area contributed by atoms with Gasteiger partial charge in [-0.1, -0.05) is 35.8 Å². The van der Waals surface area contributed by atoms with Gasteiger partial charge < -0.3 is 10.3 Å². The van der Waals surface area contributed by atoms with Gasteiger partial charge in [0, 0.05) is 0 Å². The van der Waals surface area contributed by atoms with Gasteiger partial charge in [0.25, 0.3) is 0 Å². The van der Waals surface area contributed by atoms with E-state index in [0.717, 1.165) is 5.56 Å². The summed E-state index contributed by atoms with van der Waals surface area (Å²) in [6, 6.07) is 8.40. The normalized spacial score (nSPS) is 16.0. The van der Waals surface area contributed by atoms with Crippen LogP contribution in [0.3, 0.4) is 0 Å². The van der Waals surface area contributed by atoms with E-state index >= 15 is 0 Å². The molecule has 1 saturated carbocycles. The Kier molecular flexibility index (Phi) is 2.17. The van der Waals surface area contributed by atoms with E-state index in [2.05, 4.69) is 23.4 Å². The monoisotopic (exact) mass is 214 g/mol. The van der Waals surface area contributed by atoms with Crippen molar-refractivity contribution in [2.75, 3.05) is 5.73 Å². The van der Waals surface area contributed by atoms with E-state index in [1.165, 1.54) is 30.4 Å². The zero-order valence-electron chi connectivity index (χ0n) is 9.02. The van der Waals surface area contributed by atoms with E-state index in [9.17, 15) is 0 Å². The molecule has 2 aromatic rings. The molecular formula is C13H14N2O. The third kappa shape index (κ3) is 1.40. The fraction of sp³-hybridized carbons (Fsp3) is 0.308. The second-order valence-electron chi connectivity index (χ2n) is 4.32. The lowest BCUT2D eigenvalue weighted by Gasteiger charge is -2.27. The lowest BCUT2D eigenvalue weighted by atomic mass is 9.77. The minimum Gasteiger partial charge on any atom is -0.367 e. The Morgan fingerprint density at radius 2 is 2.00 bits per heavy atom. The first-order valence-corrected chi connectivity index (χ1v) is 5.65. The van der Waals surface area contributed by atoms with Crippen LogP contribution in [0.4, 0.5) is 5.88 Å². The molecule has 82 valence electrons. The van der Waals surface area contributed by atoms with Gasteiger partial charge in [0.05, 0.1) is 11.8 Å². The van der Waals surface area contributed by atoms with Crippen molar-refractivity contribution in [1.29, 1.82) is 0 Å². The number of aromatic nitrogens is 1. The highest BCUT2D eigenvalue weighted by atomic mass is 16.5. The number of hydrogen-bond donors (Lipinski definition) is 1. The second-order valence-corrected chi connectivity index (χ2v) is 4.32. The molecule has 0 radical (unpaired) electrons. The van der Waals surface area contributed by atoms with Crippen LogP contribution in [0.25, 0.3) is 11.1 Å². The molecule has 1 aliphatic rings. The number of hydrogen-bond acceptors (Lipinski definition) is 3. The van der Waals surface area contributed by atoms with Crippen LogP contribution in [0.5, 0.6) is 0 Å². The van der Waals surface area contributed by atoms with Crippen LogP contribution in [0.15, 0.2) is 35.0 Å². The van der Waals surface area contributed by atoms with E-state index in [0.29, 0.717) is 11.8 Å². The highest BCUT2D eigenvalue weighted by molar-refractivity contribution is 5.75. The summed E-state index contributed by atoms with van der Waals surface area (Å²) in [5.74, 6) is 1.09. The van der Waals surface area contributed by atoms with Gasteiger partial charge in [-0.15, -0.1) is 0 Å². The van der Waals surface area contributed by atoms with Crippen molar-refractivity contribution in [1.82, 2.24) is 5.16 Å². The molecule has 1 heterocycles. The summed E-state index contributed by atoms with van der Waals surface area (Å²) >= 11 is 0. The van der Waals surface area contributed by atoms with Crippen molar-refractivity contribution in [2.45, 2.75) is 25.2 Å². The average Bonchev–Trinajstić information content (AvgIpc) is 2.63. The van der Waals surface area contributed by atoms with Gasteiger partial charge in [-0.3, -0.25) is 0 Å². The first kappa shape index (κ1) is 9.46. The summed E-state index contributed by atoms with van der Waals surface area (Å²) < 4.78 is 4.93. The lowest BCUT2D eigenvalue weighted by Crippen LogP contribution is -2.09. The van der Waals surface area contributed by atoms with Crippen molar-refractivity contribution < 1.29 is 4.52 Å². The van der Waals surface area contributed by atoms with Crippen LogP contribution < -0.4 is 5.73 Å². The number of rotatable bonds is 2. The first-order valence-electron chi connectivity index (χ1n) is 5.65. The molecule has 0 bridgehead atoms. The number of nitrogen functional groups attached to an aromatic ring is 1. The van der Waals surface area contributed by atoms with Gasteiger partial charge >= 0.3 is 0 Å². The Morgan fingerprint density at radius 1 is 1.19 bits per heavy atom. The molecule has 0 amide bonds. The lowest BCUT2D eigenvalue weighted by molar-refractivity contribution is 0.420. The van der Waals surface area contributed by atoms with Gasteiger partial charge in [0.15, 0.2) is 0 Å². The molecule has 0 atom stereocenters. The van der Waals surface area contributed by atoms with Crippen molar-refractivity contribution in [3.05, 3.63) is 36.0 Å². The van der Waals surface area contributed by atoms with Crippen LogP contribution in [0.2, 0.25) is 0 Å². The Balaban J connectivity index is 2.09. The molecule has 2 N–H and O–H groups in total. The minimum absolute atomic E-state index is 0.409. The fourth-order valence-corrected chi connectivity index (χ4v) is 2.27. The Bertz CT molecular complexity index is 500. The van der Waals surface area contributed by atoms with Crippen LogP contribution in [0, 0.1) is 0 Å². The summed E-state index contributed by atoms with van der Waals surface area (Å²) in [6.45, 7) is 0. The predicted molar refractivity (Wildman–Crippen MR) is 62.9 cm³/mol. The zero-order valence-corrected chi connectivity index (χ0v) is 9.02. The Labute approximate surface area is 94.2 Å². The van der Waals surface area contributed by atoms with Crippen LogP contribution in [0.1, 0.15) is 30.7 Å². The summed E-state index contributed by atoms with van der Waals surface area (Å²) in [4.78, 5) is 0. The van der Waals surface area contributed by atoms with Crippen LogP contribution in [-0.4, -0.2) is 5.16 Å². The van der Waals surface area contributed by atoms with Crippen LogP contribution in [-0.2, 0) is 0 Å². The first-order chi connectivity index (χ1) is 7.86. The summed E-state index contributed by atoms with van der Waals surface area (Å²) in [7, 11) is 0. The topological polar surface area (TPSA) is 52.0 Å². The van der Waals surface area contributed by atoms with Crippen LogP contribution >= 0.6 is 0 Å². The maximum Gasteiger partial charge on any atom is 0.229 e. The van der Waals surface area contributed by atoms with E-state index in [1.807, 2.05) is 6.07 Å². The largest absolute Gasteiger partial charge is 0.367 e. The maximum atomic E-state index is 5.77. The maximum absolute atomic E-state index is 5.77. The van der Waals surface area contributed by atoms with Crippen molar-refractivity contribution >= 4 is 5.88 Å².